The molecule has 144 valence electrons. The zero-order valence-electron chi connectivity index (χ0n) is 14.3. The van der Waals surface area contributed by atoms with Gasteiger partial charge in [0.1, 0.15) is 24.0 Å². The van der Waals surface area contributed by atoms with Gasteiger partial charge in [0.2, 0.25) is 0 Å². The van der Waals surface area contributed by atoms with Crippen molar-refractivity contribution in [1.29, 1.82) is 0 Å². The lowest BCUT2D eigenvalue weighted by Crippen LogP contribution is -2.47. The molecule has 1 fully saturated rings. The van der Waals surface area contributed by atoms with Crippen molar-refractivity contribution < 1.29 is 33.5 Å². The largest absolute Gasteiger partial charge is 0.506 e. The third-order valence-electron chi connectivity index (χ3n) is 4.27. The molecule has 3 atom stereocenters. The van der Waals surface area contributed by atoms with Crippen molar-refractivity contribution in [2.45, 2.75) is 50.5 Å². The van der Waals surface area contributed by atoms with E-state index in [-0.39, 0.29) is 23.6 Å². The van der Waals surface area contributed by atoms with Crippen molar-refractivity contribution in [3.63, 3.8) is 0 Å². The highest BCUT2D eigenvalue weighted by molar-refractivity contribution is 7.46. The minimum absolute atomic E-state index is 0.0997. The summed E-state index contributed by atoms with van der Waals surface area (Å²) in [6.45, 7) is 0. The number of phosphoric ester groups is 1. The Kier molecular flexibility index (Phi) is 5.61. The van der Waals surface area contributed by atoms with Crippen LogP contribution in [0.4, 0.5) is 0 Å². The lowest BCUT2D eigenvalue weighted by Gasteiger charge is -2.36. The van der Waals surface area contributed by atoms with Crippen LogP contribution in [-0.4, -0.2) is 44.1 Å². The second-order valence-electron chi connectivity index (χ2n) is 6.23. The van der Waals surface area contributed by atoms with Gasteiger partial charge < -0.3 is 29.8 Å². The first-order valence-electron chi connectivity index (χ1n) is 8.36. The van der Waals surface area contributed by atoms with Crippen LogP contribution in [0.5, 0.6) is 0 Å². The van der Waals surface area contributed by atoms with E-state index >= 15 is 0 Å². The number of phosphoric acid groups is 1. The van der Waals surface area contributed by atoms with Crippen LogP contribution in [0.25, 0.3) is 0 Å². The number of ether oxygens (including phenoxy) is 1. The van der Waals surface area contributed by atoms with Gasteiger partial charge in [-0.05, 0) is 12.8 Å². The van der Waals surface area contributed by atoms with Crippen molar-refractivity contribution >= 4 is 13.7 Å². The monoisotopic (exact) mass is 394 g/mol. The average molecular weight is 394 g/mol. The molecule has 1 saturated heterocycles. The SMILES string of the molecule is C#CCCCCC#CC1=CN2C(=C(O)[C@H]3OC2C[C@H]3OP(=O)(O)O)NC1=O. The number of nitrogens with one attached hydrogen (secondary N) is 1. The molecule has 9 nitrogen and oxygen atoms in total. The van der Waals surface area contributed by atoms with Gasteiger partial charge in [0.25, 0.3) is 5.91 Å². The molecule has 3 aliphatic rings. The summed E-state index contributed by atoms with van der Waals surface area (Å²) >= 11 is 0. The molecule has 0 spiro atoms. The lowest BCUT2D eigenvalue weighted by molar-refractivity contribution is -0.119. The summed E-state index contributed by atoms with van der Waals surface area (Å²) < 4.78 is 21.4. The Hall–Kier alpha value is -2.26. The number of rotatable bonds is 5. The molecular weight excluding hydrogens is 375 g/mol. The van der Waals surface area contributed by atoms with Gasteiger partial charge in [-0.15, -0.1) is 12.3 Å². The lowest BCUT2D eigenvalue weighted by atomic mass is 10.1. The van der Waals surface area contributed by atoms with Crippen LogP contribution in [0.2, 0.25) is 0 Å². The van der Waals surface area contributed by atoms with Crippen molar-refractivity contribution in [3.8, 4) is 24.2 Å². The summed E-state index contributed by atoms with van der Waals surface area (Å²) in [6, 6.07) is 0. The van der Waals surface area contributed by atoms with Crippen molar-refractivity contribution in [2.24, 2.45) is 0 Å². The van der Waals surface area contributed by atoms with Gasteiger partial charge in [0.15, 0.2) is 11.6 Å². The number of amides is 1. The molecular formula is C17H19N2O7P. The predicted octanol–water partition coefficient (Wildman–Crippen LogP) is 0.833. The van der Waals surface area contributed by atoms with E-state index in [1.165, 1.54) is 11.1 Å². The van der Waals surface area contributed by atoms with E-state index < -0.39 is 32.2 Å². The maximum Gasteiger partial charge on any atom is 0.469 e. The highest BCUT2D eigenvalue weighted by Gasteiger charge is 2.50. The Morgan fingerprint density at radius 1 is 1.41 bits per heavy atom. The molecule has 0 saturated carbocycles. The van der Waals surface area contributed by atoms with Gasteiger partial charge >= 0.3 is 7.82 Å². The van der Waals surface area contributed by atoms with E-state index in [2.05, 4.69) is 23.1 Å². The number of carbonyl (C=O) groups is 1. The van der Waals surface area contributed by atoms with Gasteiger partial charge in [-0.1, -0.05) is 11.8 Å². The highest BCUT2D eigenvalue weighted by atomic mass is 31.2. The van der Waals surface area contributed by atoms with Crippen LogP contribution in [0.1, 0.15) is 32.1 Å². The number of carbonyl (C=O) groups excluding carboxylic acids is 1. The molecule has 2 bridgehead atoms. The van der Waals surface area contributed by atoms with Crippen LogP contribution in [-0.2, 0) is 18.6 Å². The zero-order valence-corrected chi connectivity index (χ0v) is 15.2. The molecule has 0 aliphatic carbocycles. The fraction of sp³-hybridized carbons (Fsp3) is 0.471. The number of aliphatic hydroxyl groups excluding tert-OH is 1. The zero-order chi connectivity index (χ0) is 19.6. The molecule has 10 heteroatoms. The predicted molar refractivity (Wildman–Crippen MR) is 93.0 cm³/mol. The van der Waals surface area contributed by atoms with Crippen molar-refractivity contribution in [3.05, 3.63) is 23.4 Å². The molecule has 0 aromatic heterocycles. The normalized spacial score (nSPS) is 26.6. The van der Waals surface area contributed by atoms with Crippen molar-refractivity contribution in [1.82, 2.24) is 10.2 Å². The summed E-state index contributed by atoms with van der Waals surface area (Å²) in [5.41, 5.74) is 0.199. The van der Waals surface area contributed by atoms with Gasteiger partial charge in [0, 0.05) is 25.5 Å². The van der Waals surface area contributed by atoms with Crippen molar-refractivity contribution in [2.75, 3.05) is 0 Å². The molecule has 1 amide bonds. The number of hydrogen-bond acceptors (Lipinski definition) is 6. The van der Waals surface area contributed by atoms with Crippen LogP contribution < -0.4 is 5.32 Å². The second-order valence-corrected chi connectivity index (χ2v) is 7.42. The fourth-order valence-electron chi connectivity index (χ4n) is 3.08. The molecule has 0 radical (unpaired) electrons. The summed E-state index contributed by atoms with van der Waals surface area (Å²) in [6.07, 6.45) is 6.97. The summed E-state index contributed by atoms with van der Waals surface area (Å²) in [5, 5.41) is 12.9. The first kappa shape index (κ1) is 19.5. The van der Waals surface area contributed by atoms with E-state index in [1.54, 1.807) is 0 Å². The molecule has 0 aromatic carbocycles. The number of terminal acetylenes is 1. The Bertz CT molecular complexity index is 842. The van der Waals surface area contributed by atoms with Crippen LogP contribution in [0.3, 0.4) is 0 Å². The average Bonchev–Trinajstić information content (AvgIpc) is 2.95. The molecule has 4 N–H and O–H groups in total. The molecule has 3 aliphatic heterocycles. The van der Waals surface area contributed by atoms with Crippen LogP contribution in [0.15, 0.2) is 23.4 Å². The number of hydrogen-bond donors (Lipinski definition) is 4. The maximum absolute atomic E-state index is 12.2. The third kappa shape index (κ3) is 4.36. The summed E-state index contributed by atoms with van der Waals surface area (Å²) in [4.78, 5) is 31.7. The molecule has 3 heterocycles. The van der Waals surface area contributed by atoms with E-state index in [1.807, 2.05) is 0 Å². The standard InChI is InChI=1S/C17H19N2O7P/c1-2-3-4-5-6-7-8-11-10-19-13-9-12(26-27(22,23)24)15(25-13)14(20)16(19)18-17(11)21/h1,10,12-13,15,20H,3-6,9H2,(H,18,21)(H2,22,23,24)/t12-,13?,15+/m1/s1. The molecule has 3 rings (SSSR count). The number of nitrogens with zero attached hydrogens (tertiary/aromatic N) is 1. The first-order valence-corrected chi connectivity index (χ1v) is 9.89. The van der Waals surface area contributed by atoms with Gasteiger partial charge in [-0.2, -0.15) is 0 Å². The Labute approximate surface area is 156 Å². The van der Waals surface area contributed by atoms with E-state index in [4.69, 9.17) is 25.5 Å². The van der Waals surface area contributed by atoms with Crippen LogP contribution in [0, 0.1) is 24.2 Å². The molecule has 0 aromatic rings. The molecule has 27 heavy (non-hydrogen) atoms. The Morgan fingerprint density at radius 2 is 2.15 bits per heavy atom. The maximum atomic E-state index is 12.2. The quantitative estimate of drug-likeness (QED) is 0.307. The van der Waals surface area contributed by atoms with Gasteiger partial charge in [-0.3, -0.25) is 9.32 Å². The smallest absolute Gasteiger partial charge is 0.469 e. The summed E-state index contributed by atoms with van der Waals surface area (Å²) in [7, 11) is -4.75. The number of aliphatic hydroxyl groups is 1. The third-order valence-corrected chi connectivity index (χ3v) is 4.81. The molecule has 1 unspecified atom stereocenters. The van der Waals surface area contributed by atoms with Gasteiger partial charge in [-0.25, -0.2) is 4.57 Å². The summed E-state index contributed by atoms with van der Waals surface area (Å²) in [5.74, 6) is 7.54. The topological polar surface area (TPSA) is 129 Å². The Morgan fingerprint density at radius 3 is 2.85 bits per heavy atom. The number of unbranched alkanes of at least 4 members (excludes halogenated alkanes) is 3. The van der Waals surface area contributed by atoms with E-state index in [0.29, 0.717) is 12.8 Å². The second kappa shape index (κ2) is 7.77. The highest BCUT2D eigenvalue weighted by Crippen LogP contribution is 2.46. The number of fused-ring (bicyclic) bond motifs is 4. The fourth-order valence-corrected chi connectivity index (χ4v) is 3.63. The minimum Gasteiger partial charge on any atom is -0.506 e. The van der Waals surface area contributed by atoms with E-state index in [0.717, 1.165) is 12.8 Å². The Balaban J connectivity index is 1.75. The minimum atomic E-state index is -4.75. The van der Waals surface area contributed by atoms with E-state index in [9.17, 15) is 14.5 Å². The first-order chi connectivity index (χ1) is 12.8. The van der Waals surface area contributed by atoms with Gasteiger partial charge in [0.05, 0.1) is 0 Å². The van der Waals surface area contributed by atoms with Crippen LogP contribution >= 0.6 is 7.82 Å².